The lowest BCUT2D eigenvalue weighted by atomic mass is 9.44. The first kappa shape index (κ1) is 41.4. The minimum atomic E-state index is -0.144. The molecule has 0 unspecified atom stereocenters. The number of hydrogen-bond donors (Lipinski definition) is 0. The van der Waals surface area contributed by atoms with Crippen LogP contribution in [-0.4, -0.2) is 15.9 Å². The Kier molecular flexibility index (Phi) is 8.95. The molecule has 0 saturated heterocycles. The standard InChI is InChI=1S/C63H58BN3/c1-39-21-17-18-26-46(39)55-51-37-42(62(5,6)7)36-50-49-35-43(63(8,9)10)38-54-56(49)64(67(58(50)51)57(55)40-22-13-11-14-23-40)52-34-33-48-47-27-19-20-28-53(47)65(44-24-15-12-16-25-44)59(48)60(52)66(54)45-31-29-41(30-32-45)61(2,3)4/h11-38H,1-10H3. The van der Waals surface area contributed by atoms with Gasteiger partial charge in [0.15, 0.2) is 0 Å². The molecule has 328 valence electrons. The number of rotatable bonds is 4. The molecule has 12 rings (SSSR count). The number of nitrogens with zero attached hydrogens (tertiary/aromatic N) is 3. The van der Waals surface area contributed by atoms with Crippen molar-refractivity contribution < 1.29 is 0 Å². The third-order valence-electron chi connectivity index (χ3n) is 14.9. The molecule has 4 heterocycles. The molecule has 67 heavy (non-hydrogen) atoms. The Morgan fingerprint density at radius 1 is 0.448 bits per heavy atom. The Morgan fingerprint density at radius 2 is 1.06 bits per heavy atom. The summed E-state index contributed by atoms with van der Waals surface area (Å²) in [4.78, 5) is 2.65. The van der Waals surface area contributed by atoms with Crippen molar-refractivity contribution in [3.63, 3.8) is 0 Å². The van der Waals surface area contributed by atoms with E-state index in [0.29, 0.717) is 0 Å². The van der Waals surface area contributed by atoms with Gasteiger partial charge in [0.05, 0.1) is 16.7 Å². The van der Waals surface area contributed by atoms with Crippen molar-refractivity contribution in [3.05, 3.63) is 192 Å². The normalized spacial score (nSPS) is 13.5. The Hall–Kier alpha value is -7.04. The van der Waals surface area contributed by atoms with Gasteiger partial charge < -0.3 is 13.9 Å². The van der Waals surface area contributed by atoms with Gasteiger partial charge in [-0.25, -0.2) is 0 Å². The van der Waals surface area contributed by atoms with E-state index in [4.69, 9.17) is 0 Å². The van der Waals surface area contributed by atoms with Gasteiger partial charge in [0.25, 0.3) is 0 Å². The Labute approximate surface area is 396 Å². The third-order valence-corrected chi connectivity index (χ3v) is 14.9. The van der Waals surface area contributed by atoms with Crippen molar-refractivity contribution in [1.82, 2.24) is 9.05 Å². The van der Waals surface area contributed by atoms with E-state index in [1.165, 1.54) is 111 Å². The summed E-state index contributed by atoms with van der Waals surface area (Å²) in [6, 6.07) is 64.8. The molecule has 2 aliphatic rings. The lowest BCUT2D eigenvalue weighted by Crippen LogP contribution is -2.57. The summed E-state index contributed by atoms with van der Waals surface area (Å²) in [6.45, 7) is 23.3. The first-order valence-electron chi connectivity index (χ1n) is 24.1. The van der Waals surface area contributed by atoms with E-state index in [0.717, 1.165) is 11.4 Å². The fourth-order valence-corrected chi connectivity index (χ4v) is 11.4. The van der Waals surface area contributed by atoms with Crippen LogP contribution in [0.1, 0.15) is 84.6 Å². The zero-order chi connectivity index (χ0) is 46.3. The Balaban J connectivity index is 1.34. The summed E-state index contributed by atoms with van der Waals surface area (Å²) in [7, 11) is 0. The van der Waals surface area contributed by atoms with E-state index in [-0.39, 0.29) is 23.1 Å². The fraction of sp³-hybridized carbons (Fsp3) is 0.206. The predicted octanol–water partition coefficient (Wildman–Crippen LogP) is 15.7. The molecule has 0 spiro atoms. The van der Waals surface area contributed by atoms with Crippen LogP contribution >= 0.6 is 0 Å². The molecule has 3 nitrogen and oxygen atoms in total. The van der Waals surface area contributed by atoms with Crippen LogP contribution in [0.4, 0.5) is 17.1 Å². The van der Waals surface area contributed by atoms with Crippen molar-refractivity contribution in [1.29, 1.82) is 0 Å². The van der Waals surface area contributed by atoms with Crippen LogP contribution in [0, 0.1) is 6.92 Å². The number of para-hydroxylation sites is 2. The van der Waals surface area contributed by atoms with Crippen LogP contribution in [0.5, 0.6) is 0 Å². The van der Waals surface area contributed by atoms with Gasteiger partial charge in [-0.3, -0.25) is 0 Å². The molecule has 0 bridgehead atoms. The second-order valence-electron chi connectivity index (χ2n) is 22.3. The average Bonchev–Trinajstić information content (AvgIpc) is 3.83. The highest BCUT2D eigenvalue weighted by Gasteiger charge is 2.46. The van der Waals surface area contributed by atoms with Gasteiger partial charge in [0, 0.05) is 55.6 Å². The van der Waals surface area contributed by atoms with Gasteiger partial charge in [-0.2, -0.15) is 0 Å². The second-order valence-corrected chi connectivity index (χ2v) is 22.3. The molecule has 0 amide bonds. The van der Waals surface area contributed by atoms with Crippen LogP contribution in [0.25, 0.3) is 71.9 Å². The molecule has 0 aliphatic carbocycles. The van der Waals surface area contributed by atoms with Crippen molar-refractivity contribution >= 4 is 67.5 Å². The highest BCUT2D eigenvalue weighted by Crippen LogP contribution is 2.53. The molecular formula is C63H58BN3. The predicted molar refractivity (Wildman–Crippen MR) is 289 cm³/mol. The maximum absolute atomic E-state index is 2.77. The van der Waals surface area contributed by atoms with Gasteiger partial charge in [-0.15, -0.1) is 0 Å². The molecule has 0 atom stereocenters. The second kappa shape index (κ2) is 14.5. The first-order valence-corrected chi connectivity index (χ1v) is 24.1. The molecule has 0 saturated carbocycles. The average molecular weight is 868 g/mol. The molecule has 8 aromatic carbocycles. The summed E-state index contributed by atoms with van der Waals surface area (Å²) in [5.74, 6) is 0. The van der Waals surface area contributed by atoms with Crippen LogP contribution in [0.15, 0.2) is 170 Å². The van der Waals surface area contributed by atoms with Gasteiger partial charge in [-0.1, -0.05) is 184 Å². The van der Waals surface area contributed by atoms with Crippen molar-refractivity contribution in [2.75, 3.05) is 4.90 Å². The summed E-state index contributed by atoms with van der Waals surface area (Å²) in [5.41, 5.74) is 23.9. The maximum Gasteiger partial charge on any atom is 0.333 e. The minimum absolute atomic E-state index is 0.0126. The van der Waals surface area contributed by atoms with Gasteiger partial charge in [0.2, 0.25) is 0 Å². The topological polar surface area (TPSA) is 13.1 Å². The van der Waals surface area contributed by atoms with Crippen molar-refractivity contribution in [2.24, 2.45) is 0 Å². The lowest BCUT2D eigenvalue weighted by molar-refractivity contribution is 0.589. The molecule has 2 aliphatic heterocycles. The van der Waals surface area contributed by atoms with Crippen LogP contribution in [0.3, 0.4) is 0 Å². The number of aromatic nitrogens is 2. The number of hydrogen-bond acceptors (Lipinski definition) is 1. The van der Waals surface area contributed by atoms with Crippen molar-refractivity contribution in [2.45, 2.75) is 85.5 Å². The maximum atomic E-state index is 2.77. The lowest BCUT2D eigenvalue weighted by Gasteiger charge is -2.42. The highest BCUT2D eigenvalue weighted by molar-refractivity contribution is 6.90. The third kappa shape index (κ3) is 6.18. The molecule has 2 aromatic heterocycles. The summed E-state index contributed by atoms with van der Waals surface area (Å²) < 4.78 is 5.31. The molecule has 0 fully saturated rings. The van der Waals surface area contributed by atoms with E-state index in [1.54, 1.807) is 0 Å². The summed E-state index contributed by atoms with van der Waals surface area (Å²) in [5, 5.41) is 3.81. The quantitative estimate of drug-likeness (QED) is 0.161. The van der Waals surface area contributed by atoms with E-state index < -0.39 is 0 Å². The van der Waals surface area contributed by atoms with Crippen LogP contribution < -0.4 is 15.8 Å². The monoisotopic (exact) mass is 867 g/mol. The smallest absolute Gasteiger partial charge is 0.333 e. The number of aryl methyl sites for hydroxylation is 1. The molecule has 10 aromatic rings. The van der Waals surface area contributed by atoms with Crippen LogP contribution in [0.2, 0.25) is 0 Å². The van der Waals surface area contributed by atoms with E-state index in [1.807, 2.05) is 0 Å². The van der Waals surface area contributed by atoms with Crippen molar-refractivity contribution in [3.8, 4) is 39.2 Å². The number of fused-ring (bicyclic) bond motifs is 8. The molecular weight excluding hydrogens is 810 g/mol. The van der Waals surface area contributed by atoms with Crippen LogP contribution in [-0.2, 0) is 16.2 Å². The molecule has 0 N–H and O–H groups in total. The Morgan fingerprint density at radius 3 is 1.75 bits per heavy atom. The zero-order valence-corrected chi connectivity index (χ0v) is 40.6. The zero-order valence-electron chi connectivity index (χ0n) is 40.6. The SMILES string of the molecule is Cc1ccccc1-c1c(-c2ccccc2)n2c3c(cc(C(C)(C)C)cc13)-c1cc(C(C)(C)C)cc3c1B2c1ccc2c4ccccc4n(-c4ccccc4)c2c1N3c1ccc(C(C)(C)C)cc1. The largest absolute Gasteiger partial charge is 0.375 e. The van der Waals surface area contributed by atoms with E-state index in [2.05, 4.69) is 253 Å². The fourth-order valence-electron chi connectivity index (χ4n) is 11.4. The molecule has 0 radical (unpaired) electrons. The van der Waals surface area contributed by atoms with E-state index >= 15 is 0 Å². The number of benzene rings is 8. The Bertz CT molecular complexity index is 3620. The van der Waals surface area contributed by atoms with Gasteiger partial charge >= 0.3 is 6.85 Å². The molecule has 4 heteroatoms. The summed E-state index contributed by atoms with van der Waals surface area (Å²) in [6.07, 6.45) is 0. The van der Waals surface area contributed by atoms with Gasteiger partial charge in [-0.05, 0) is 122 Å². The van der Waals surface area contributed by atoms with Gasteiger partial charge in [0.1, 0.15) is 0 Å². The number of anilines is 3. The van der Waals surface area contributed by atoms with E-state index in [9.17, 15) is 0 Å². The highest BCUT2D eigenvalue weighted by atomic mass is 15.2. The summed E-state index contributed by atoms with van der Waals surface area (Å²) >= 11 is 0. The first-order chi connectivity index (χ1) is 32.1. The minimum Gasteiger partial charge on any atom is -0.375 e.